The van der Waals surface area contributed by atoms with Crippen molar-refractivity contribution in [1.82, 2.24) is 0 Å². The summed E-state index contributed by atoms with van der Waals surface area (Å²) in [5.74, 6) is 0.833. The second kappa shape index (κ2) is 6.07. The first-order valence-electron chi connectivity index (χ1n) is 6.88. The molecule has 1 aliphatic rings. The largest absolute Gasteiger partial charge is 0.377 e. The normalized spacial score (nSPS) is 28.7. The molecule has 0 amide bonds. The highest BCUT2D eigenvalue weighted by Gasteiger charge is 2.31. The molecule has 0 aliphatic heterocycles. The SMILES string of the molecule is CC1CCCC(CN)(Nc2ccccc2Br)CC1. The lowest BCUT2D eigenvalue weighted by atomic mass is 9.89. The molecule has 2 rings (SSSR count). The first-order chi connectivity index (χ1) is 8.65. The summed E-state index contributed by atoms with van der Waals surface area (Å²) >= 11 is 3.60. The molecule has 1 aliphatic carbocycles. The predicted octanol–water partition coefficient (Wildman–Crippen LogP) is 4.16. The lowest BCUT2D eigenvalue weighted by Gasteiger charge is -2.34. The minimum atomic E-state index is 0.0780. The molecule has 0 spiro atoms. The number of anilines is 1. The molecule has 0 aromatic heterocycles. The van der Waals surface area contributed by atoms with E-state index in [2.05, 4.69) is 46.4 Å². The summed E-state index contributed by atoms with van der Waals surface area (Å²) in [5, 5.41) is 3.70. The summed E-state index contributed by atoms with van der Waals surface area (Å²) in [6, 6.07) is 8.30. The van der Waals surface area contributed by atoms with Crippen molar-refractivity contribution in [3.8, 4) is 0 Å². The maximum atomic E-state index is 6.07. The van der Waals surface area contributed by atoms with Gasteiger partial charge in [-0.1, -0.05) is 31.9 Å². The number of nitrogens with two attached hydrogens (primary N) is 1. The first kappa shape index (κ1) is 13.9. The number of nitrogens with one attached hydrogen (secondary N) is 1. The van der Waals surface area contributed by atoms with E-state index < -0.39 is 0 Å². The standard InChI is InChI=1S/C15H23BrN2/c1-12-5-4-9-15(11-17,10-8-12)18-14-7-3-2-6-13(14)16/h2-3,6-7,12,18H,4-5,8-11,17H2,1H3. The van der Waals surface area contributed by atoms with Crippen molar-refractivity contribution in [3.05, 3.63) is 28.7 Å². The van der Waals surface area contributed by atoms with Gasteiger partial charge in [0.15, 0.2) is 0 Å². The van der Waals surface area contributed by atoms with Crippen LogP contribution in [0.2, 0.25) is 0 Å². The summed E-state index contributed by atoms with van der Waals surface area (Å²) in [7, 11) is 0. The number of benzene rings is 1. The maximum Gasteiger partial charge on any atom is 0.0496 e. The quantitative estimate of drug-likeness (QED) is 0.823. The Balaban J connectivity index is 2.15. The van der Waals surface area contributed by atoms with Gasteiger partial charge in [0, 0.05) is 22.2 Å². The Bertz CT molecular complexity index is 394. The van der Waals surface area contributed by atoms with Crippen molar-refractivity contribution in [2.24, 2.45) is 11.7 Å². The number of rotatable bonds is 3. The maximum absolute atomic E-state index is 6.07. The fraction of sp³-hybridized carbons (Fsp3) is 0.600. The molecule has 0 bridgehead atoms. The second-order valence-electron chi connectivity index (χ2n) is 5.63. The highest BCUT2D eigenvalue weighted by Crippen LogP contribution is 2.34. The Hall–Kier alpha value is -0.540. The molecule has 2 atom stereocenters. The van der Waals surface area contributed by atoms with Crippen LogP contribution in [0.25, 0.3) is 0 Å². The van der Waals surface area contributed by atoms with Crippen LogP contribution in [-0.2, 0) is 0 Å². The average molecular weight is 311 g/mol. The van der Waals surface area contributed by atoms with Gasteiger partial charge in [-0.25, -0.2) is 0 Å². The fourth-order valence-electron chi connectivity index (χ4n) is 2.81. The van der Waals surface area contributed by atoms with Crippen LogP contribution in [0.1, 0.15) is 39.0 Å². The van der Waals surface area contributed by atoms with Crippen LogP contribution in [-0.4, -0.2) is 12.1 Å². The highest BCUT2D eigenvalue weighted by molar-refractivity contribution is 9.10. The minimum absolute atomic E-state index is 0.0780. The van der Waals surface area contributed by atoms with Crippen LogP contribution in [0.4, 0.5) is 5.69 Å². The van der Waals surface area contributed by atoms with E-state index in [0.717, 1.165) is 16.1 Å². The molecular formula is C15H23BrN2. The van der Waals surface area contributed by atoms with Crippen LogP contribution >= 0.6 is 15.9 Å². The van der Waals surface area contributed by atoms with Crippen LogP contribution in [0.5, 0.6) is 0 Å². The topological polar surface area (TPSA) is 38.0 Å². The van der Waals surface area contributed by atoms with E-state index in [4.69, 9.17) is 5.73 Å². The molecule has 0 heterocycles. The Morgan fingerprint density at radius 1 is 1.33 bits per heavy atom. The van der Waals surface area contributed by atoms with Gasteiger partial charge >= 0.3 is 0 Å². The number of halogens is 1. The van der Waals surface area contributed by atoms with Gasteiger partial charge in [-0.15, -0.1) is 0 Å². The number of hydrogen-bond acceptors (Lipinski definition) is 2. The molecule has 3 N–H and O–H groups in total. The van der Waals surface area contributed by atoms with Crippen molar-refractivity contribution in [2.75, 3.05) is 11.9 Å². The minimum Gasteiger partial charge on any atom is -0.377 e. The smallest absolute Gasteiger partial charge is 0.0496 e. The van der Waals surface area contributed by atoms with E-state index >= 15 is 0 Å². The molecule has 1 fully saturated rings. The van der Waals surface area contributed by atoms with Gasteiger partial charge in [0.1, 0.15) is 0 Å². The Labute approximate surface area is 118 Å². The van der Waals surface area contributed by atoms with E-state index in [9.17, 15) is 0 Å². The third kappa shape index (κ3) is 3.27. The van der Waals surface area contributed by atoms with Gasteiger partial charge in [-0.2, -0.15) is 0 Å². The molecule has 0 radical (unpaired) electrons. The molecule has 3 heteroatoms. The molecule has 1 aromatic carbocycles. The second-order valence-corrected chi connectivity index (χ2v) is 6.48. The van der Waals surface area contributed by atoms with E-state index in [1.54, 1.807) is 0 Å². The van der Waals surface area contributed by atoms with Crippen molar-refractivity contribution in [1.29, 1.82) is 0 Å². The molecule has 2 unspecified atom stereocenters. The zero-order valence-electron chi connectivity index (χ0n) is 11.1. The summed E-state index contributed by atoms with van der Waals surface area (Å²) < 4.78 is 1.12. The van der Waals surface area contributed by atoms with Crippen molar-refractivity contribution in [3.63, 3.8) is 0 Å². The highest BCUT2D eigenvalue weighted by atomic mass is 79.9. The summed E-state index contributed by atoms with van der Waals surface area (Å²) in [4.78, 5) is 0. The Morgan fingerprint density at radius 2 is 2.11 bits per heavy atom. The molecule has 18 heavy (non-hydrogen) atoms. The third-order valence-corrected chi connectivity index (χ3v) is 4.82. The number of para-hydroxylation sites is 1. The van der Waals surface area contributed by atoms with Gasteiger partial charge < -0.3 is 11.1 Å². The molecule has 1 aromatic rings. The van der Waals surface area contributed by atoms with Gasteiger partial charge in [0.05, 0.1) is 0 Å². The van der Waals surface area contributed by atoms with Crippen molar-refractivity contribution < 1.29 is 0 Å². The molecule has 0 saturated heterocycles. The van der Waals surface area contributed by atoms with Gasteiger partial charge in [-0.3, -0.25) is 0 Å². The van der Waals surface area contributed by atoms with Gasteiger partial charge in [-0.05, 0) is 53.2 Å². The van der Waals surface area contributed by atoms with Gasteiger partial charge in [0.2, 0.25) is 0 Å². The van der Waals surface area contributed by atoms with Crippen molar-refractivity contribution in [2.45, 2.75) is 44.6 Å². The zero-order chi connectivity index (χ0) is 13.0. The number of hydrogen-bond donors (Lipinski definition) is 2. The molecule has 2 nitrogen and oxygen atoms in total. The summed E-state index contributed by atoms with van der Waals surface area (Å²) in [6.07, 6.45) is 6.23. The Morgan fingerprint density at radius 3 is 2.83 bits per heavy atom. The summed E-state index contributed by atoms with van der Waals surface area (Å²) in [5.41, 5.74) is 7.32. The average Bonchev–Trinajstić information content (AvgIpc) is 2.56. The van der Waals surface area contributed by atoms with Gasteiger partial charge in [0.25, 0.3) is 0 Å². The van der Waals surface area contributed by atoms with Crippen LogP contribution in [0.15, 0.2) is 28.7 Å². The lowest BCUT2D eigenvalue weighted by Crippen LogP contribution is -2.45. The van der Waals surface area contributed by atoms with E-state index in [0.29, 0.717) is 6.54 Å². The molecule has 1 saturated carbocycles. The van der Waals surface area contributed by atoms with Crippen LogP contribution in [0, 0.1) is 5.92 Å². The predicted molar refractivity (Wildman–Crippen MR) is 81.8 cm³/mol. The van der Waals surface area contributed by atoms with Crippen molar-refractivity contribution >= 4 is 21.6 Å². The van der Waals surface area contributed by atoms with Crippen LogP contribution in [0.3, 0.4) is 0 Å². The summed E-state index contributed by atoms with van der Waals surface area (Å²) in [6.45, 7) is 3.06. The molecule has 100 valence electrons. The Kier molecular flexibility index (Phi) is 4.68. The first-order valence-corrected chi connectivity index (χ1v) is 7.67. The molecular weight excluding hydrogens is 288 g/mol. The fourth-order valence-corrected chi connectivity index (χ4v) is 3.19. The lowest BCUT2D eigenvalue weighted by molar-refractivity contribution is 0.409. The van der Waals surface area contributed by atoms with E-state index in [1.807, 2.05) is 6.07 Å². The zero-order valence-corrected chi connectivity index (χ0v) is 12.7. The van der Waals surface area contributed by atoms with Crippen LogP contribution < -0.4 is 11.1 Å². The monoisotopic (exact) mass is 310 g/mol. The van der Waals surface area contributed by atoms with E-state index in [1.165, 1.54) is 32.1 Å². The third-order valence-electron chi connectivity index (χ3n) is 4.13. The van der Waals surface area contributed by atoms with E-state index in [-0.39, 0.29) is 5.54 Å².